The molecule has 1 aromatic rings. The van der Waals surface area contributed by atoms with Crippen LogP contribution in [-0.4, -0.2) is 30.2 Å². The van der Waals surface area contributed by atoms with Gasteiger partial charge in [0.15, 0.2) is 0 Å². The molecule has 5 nitrogen and oxygen atoms in total. The third-order valence-corrected chi connectivity index (χ3v) is 1.47. The Morgan fingerprint density at radius 3 is 2.85 bits per heavy atom. The first-order chi connectivity index (χ1) is 6.09. The topological polar surface area (TPSA) is 65.7 Å². The second-order valence-electron chi connectivity index (χ2n) is 2.84. The highest BCUT2D eigenvalue weighted by Gasteiger charge is 2.07. The van der Waals surface area contributed by atoms with E-state index in [0.717, 1.165) is 0 Å². The standard InChI is InChI=1S/C8H12N2O3/c1-10(2)9-4-7-3-6(5-13-7)8(11)12/h3,5,9H,4H2,1-2H3,(H,11,12). The van der Waals surface area contributed by atoms with Gasteiger partial charge in [0.1, 0.15) is 12.0 Å². The minimum Gasteiger partial charge on any atom is -0.478 e. The summed E-state index contributed by atoms with van der Waals surface area (Å²) in [5.74, 6) is -0.369. The summed E-state index contributed by atoms with van der Waals surface area (Å²) in [5.41, 5.74) is 3.14. The van der Waals surface area contributed by atoms with Gasteiger partial charge in [-0.25, -0.2) is 10.2 Å². The van der Waals surface area contributed by atoms with Gasteiger partial charge in [-0.15, -0.1) is 0 Å². The summed E-state index contributed by atoms with van der Waals surface area (Å²) in [4.78, 5) is 10.5. The van der Waals surface area contributed by atoms with Crippen molar-refractivity contribution in [3.05, 3.63) is 23.7 Å². The maximum Gasteiger partial charge on any atom is 0.338 e. The molecule has 0 aliphatic rings. The highest BCUT2D eigenvalue weighted by molar-refractivity contribution is 5.87. The lowest BCUT2D eigenvalue weighted by Crippen LogP contribution is -2.29. The summed E-state index contributed by atoms with van der Waals surface area (Å²) in [6.07, 6.45) is 1.23. The lowest BCUT2D eigenvalue weighted by Gasteiger charge is -2.09. The molecular weight excluding hydrogens is 172 g/mol. The molecule has 0 spiro atoms. The van der Waals surface area contributed by atoms with Gasteiger partial charge in [0.2, 0.25) is 0 Å². The van der Waals surface area contributed by atoms with Gasteiger partial charge >= 0.3 is 5.97 Å². The maximum atomic E-state index is 10.5. The van der Waals surface area contributed by atoms with Crippen molar-refractivity contribution in [2.45, 2.75) is 6.54 Å². The van der Waals surface area contributed by atoms with Gasteiger partial charge in [-0.05, 0) is 6.07 Å². The van der Waals surface area contributed by atoms with E-state index in [2.05, 4.69) is 5.43 Å². The first kappa shape index (κ1) is 9.76. The minimum atomic E-state index is -0.972. The Bertz CT molecular complexity index is 293. The average Bonchev–Trinajstić information content (AvgIpc) is 2.48. The number of carboxylic acid groups (broad SMARTS) is 1. The van der Waals surface area contributed by atoms with E-state index in [-0.39, 0.29) is 5.56 Å². The molecule has 0 radical (unpaired) electrons. The zero-order chi connectivity index (χ0) is 9.84. The molecule has 0 aliphatic heterocycles. The molecule has 72 valence electrons. The monoisotopic (exact) mass is 184 g/mol. The van der Waals surface area contributed by atoms with E-state index in [1.54, 1.807) is 5.01 Å². The number of furan rings is 1. The Labute approximate surface area is 75.9 Å². The predicted molar refractivity (Wildman–Crippen MR) is 46.2 cm³/mol. The largest absolute Gasteiger partial charge is 0.478 e. The fraction of sp³-hybridized carbons (Fsp3) is 0.375. The molecule has 0 fully saturated rings. The summed E-state index contributed by atoms with van der Waals surface area (Å²) in [6.45, 7) is 0.486. The van der Waals surface area contributed by atoms with Crippen molar-refractivity contribution in [1.82, 2.24) is 10.4 Å². The van der Waals surface area contributed by atoms with Gasteiger partial charge in [-0.3, -0.25) is 5.01 Å². The van der Waals surface area contributed by atoms with Crippen molar-refractivity contribution in [3.8, 4) is 0 Å². The zero-order valence-electron chi connectivity index (χ0n) is 7.57. The molecule has 0 amide bonds. The van der Waals surface area contributed by atoms with Crippen LogP contribution in [0, 0.1) is 0 Å². The Hall–Kier alpha value is -1.33. The predicted octanol–water partition coefficient (Wildman–Crippen LogP) is 0.544. The molecule has 1 rings (SSSR count). The van der Waals surface area contributed by atoms with Crippen molar-refractivity contribution in [3.63, 3.8) is 0 Å². The number of rotatable bonds is 4. The van der Waals surface area contributed by atoms with E-state index in [0.29, 0.717) is 12.3 Å². The van der Waals surface area contributed by atoms with Gasteiger partial charge in [0.25, 0.3) is 0 Å². The highest BCUT2D eigenvalue weighted by Crippen LogP contribution is 2.07. The Morgan fingerprint density at radius 1 is 1.69 bits per heavy atom. The van der Waals surface area contributed by atoms with Crippen molar-refractivity contribution in [2.75, 3.05) is 14.1 Å². The molecule has 1 heterocycles. The van der Waals surface area contributed by atoms with E-state index in [4.69, 9.17) is 9.52 Å². The second kappa shape index (κ2) is 4.06. The summed E-state index contributed by atoms with van der Waals surface area (Å²) >= 11 is 0. The molecular formula is C8H12N2O3. The van der Waals surface area contributed by atoms with Gasteiger partial charge in [-0.2, -0.15) is 0 Å². The number of carboxylic acids is 1. The summed E-state index contributed by atoms with van der Waals surface area (Å²) in [7, 11) is 3.70. The fourth-order valence-electron chi connectivity index (χ4n) is 0.822. The fourth-order valence-corrected chi connectivity index (χ4v) is 0.822. The number of carbonyl (C=O) groups is 1. The van der Waals surface area contributed by atoms with Crippen LogP contribution in [0.3, 0.4) is 0 Å². The van der Waals surface area contributed by atoms with Crippen LogP contribution in [0.1, 0.15) is 16.1 Å². The molecule has 0 aliphatic carbocycles. The normalized spacial score (nSPS) is 10.7. The van der Waals surface area contributed by atoms with Crippen LogP contribution in [-0.2, 0) is 6.54 Å². The first-order valence-corrected chi connectivity index (χ1v) is 3.81. The molecule has 2 N–H and O–H groups in total. The number of hydrogen-bond acceptors (Lipinski definition) is 4. The highest BCUT2D eigenvalue weighted by atomic mass is 16.4. The molecule has 0 atom stereocenters. The zero-order valence-corrected chi connectivity index (χ0v) is 7.57. The van der Waals surface area contributed by atoms with Crippen molar-refractivity contribution in [1.29, 1.82) is 0 Å². The van der Waals surface area contributed by atoms with Crippen molar-refractivity contribution in [2.24, 2.45) is 0 Å². The van der Waals surface area contributed by atoms with E-state index < -0.39 is 5.97 Å². The molecule has 0 saturated carbocycles. The van der Waals surface area contributed by atoms with Gasteiger partial charge in [0.05, 0.1) is 12.1 Å². The quantitative estimate of drug-likeness (QED) is 0.669. The van der Waals surface area contributed by atoms with E-state index in [9.17, 15) is 4.79 Å². The molecule has 5 heteroatoms. The van der Waals surface area contributed by atoms with Crippen LogP contribution in [0.15, 0.2) is 16.7 Å². The number of hydrazine groups is 1. The van der Waals surface area contributed by atoms with E-state index in [1.165, 1.54) is 12.3 Å². The average molecular weight is 184 g/mol. The maximum absolute atomic E-state index is 10.5. The lowest BCUT2D eigenvalue weighted by molar-refractivity contribution is 0.0696. The first-order valence-electron chi connectivity index (χ1n) is 3.81. The SMILES string of the molecule is CN(C)NCc1cc(C(=O)O)co1. The van der Waals surface area contributed by atoms with Crippen LogP contribution in [0.4, 0.5) is 0 Å². The molecule has 0 aromatic carbocycles. The van der Waals surface area contributed by atoms with Crippen molar-refractivity contribution >= 4 is 5.97 Å². The smallest absolute Gasteiger partial charge is 0.338 e. The van der Waals surface area contributed by atoms with Crippen LogP contribution in [0.2, 0.25) is 0 Å². The van der Waals surface area contributed by atoms with Crippen LogP contribution >= 0.6 is 0 Å². The summed E-state index contributed by atoms with van der Waals surface area (Å²) in [5, 5.41) is 10.4. The van der Waals surface area contributed by atoms with Crippen LogP contribution in [0.25, 0.3) is 0 Å². The van der Waals surface area contributed by atoms with E-state index in [1.807, 2.05) is 14.1 Å². The third-order valence-electron chi connectivity index (χ3n) is 1.47. The Morgan fingerprint density at radius 2 is 2.38 bits per heavy atom. The molecule has 13 heavy (non-hydrogen) atoms. The second-order valence-corrected chi connectivity index (χ2v) is 2.84. The number of nitrogens with one attached hydrogen (secondary N) is 1. The molecule has 0 saturated heterocycles. The Balaban J connectivity index is 2.54. The lowest BCUT2D eigenvalue weighted by atomic mass is 10.3. The van der Waals surface area contributed by atoms with Gasteiger partial charge < -0.3 is 9.52 Å². The van der Waals surface area contributed by atoms with Gasteiger partial charge in [-0.1, -0.05) is 0 Å². The third kappa shape index (κ3) is 2.89. The van der Waals surface area contributed by atoms with Crippen LogP contribution < -0.4 is 5.43 Å². The molecule has 0 bridgehead atoms. The molecule has 1 aromatic heterocycles. The summed E-state index contributed by atoms with van der Waals surface area (Å²) in [6, 6.07) is 1.50. The van der Waals surface area contributed by atoms with Gasteiger partial charge in [0, 0.05) is 14.1 Å². The van der Waals surface area contributed by atoms with Crippen molar-refractivity contribution < 1.29 is 14.3 Å². The Kier molecular flexibility index (Phi) is 3.05. The molecule has 0 unspecified atom stereocenters. The van der Waals surface area contributed by atoms with E-state index >= 15 is 0 Å². The minimum absolute atomic E-state index is 0.176. The summed E-state index contributed by atoms with van der Waals surface area (Å²) < 4.78 is 5.01. The number of aromatic carboxylic acids is 1. The van der Waals surface area contributed by atoms with Crippen LogP contribution in [0.5, 0.6) is 0 Å². The number of nitrogens with zero attached hydrogens (tertiary/aromatic N) is 1. The number of hydrogen-bond donors (Lipinski definition) is 2.